The molecule has 15 heteroatoms. The fraction of sp³-hybridized carbons (Fsp3) is 0.323. The zero-order valence-electron chi connectivity index (χ0n) is 24.3. The lowest BCUT2D eigenvalue weighted by molar-refractivity contribution is -0.149. The largest absolute Gasteiger partial charge is 0.489 e. The summed E-state index contributed by atoms with van der Waals surface area (Å²) in [6.45, 7) is -3.88. The molecule has 3 aromatic rings. The Labute approximate surface area is 271 Å². The maximum absolute atomic E-state index is 13.4. The third-order valence-corrected chi connectivity index (χ3v) is 7.83. The van der Waals surface area contributed by atoms with Crippen LogP contribution in [0.15, 0.2) is 48.8 Å². The molecule has 1 atom stereocenters. The second-order valence-electron chi connectivity index (χ2n) is 10.5. The van der Waals surface area contributed by atoms with Crippen molar-refractivity contribution in [3.63, 3.8) is 0 Å². The summed E-state index contributed by atoms with van der Waals surface area (Å²) in [6.07, 6.45) is 3.39. The first-order valence-electron chi connectivity index (χ1n) is 14.0. The van der Waals surface area contributed by atoms with Crippen LogP contribution >= 0.6 is 23.2 Å². The van der Waals surface area contributed by atoms with Crippen LogP contribution in [0.2, 0.25) is 10.0 Å². The normalized spacial score (nSPS) is 14.7. The summed E-state index contributed by atoms with van der Waals surface area (Å²) in [5, 5.41) is 2.88. The number of hydrogen-bond acceptors (Lipinski definition) is 9. The Kier molecular flexibility index (Phi) is 10.3. The van der Waals surface area contributed by atoms with Crippen molar-refractivity contribution in [2.75, 3.05) is 32.2 Å². The van der Waals surface area contributed by atoms with E-state index in [1.807, 2.05) is 0 Å². The Morgan fingerprint density at radius 1 is 1.07 bits per heavy atom. The van der Waals surface area contributed by atoms with E-state index in [1.165, 1.54) is 55.9 Å². The smallest absolute Gasteiger partial charge is 0.387 e. The van der Waals surface area contributed by atoms with E-state index in [2.05, 4.69) is 15.0 Å². The molecule has 242 valence electrons. The van der Waals surface area contributed by atoms with Gasteiger partial charge in [0.2, 0.25) is 5.91 Å². The Balaban J connectivity index is 1.40. The summed E-state index contributed by atoms with van der Waals surface area (Å²) in [6, 6.07) is 8.43. The topological polar surface area (TPSA) is 133 Å². The molecule has 2 aromatic carbocycles. The van der Waals surface area contributed by atoms with Crippen molar-refractivity contribution < 1.29 is 46.9 Å². The summed E-state index contributed by atoms with van der Waals surface area (Å²) < 4.78 is 47.3. The molecule has 1 fully saturated rings. The molecule has 5 rings (SSSR count). The third-order valence-electron chi connectivity index (χ3n) is 7.18. The zero-order chi connectivity index (χ0) is 33.0. The number of nitrogens with one attached hydrogen (secondary N) is 1. The number of carbonyl (C=O) groups is 4. The molecular formula is C31H27Cl2F2N3O8. The average molecular weight is 678 g/mol. The number of pyridine rings is 1. The number of halogens is 4. The molecule has 0 radical (unpaired) electrons. The third kappa shape index (κ3) is 7.72. The van der Waals surface area contributed by atoms with Crippen LogP contribution in [0.25, 0.3) is 0 Å². The molecule has 46 heavy (non-hydrogen) atoms. The first-order chi connectivity index (χ1) is 22.0. The van der Waals surface area contributed by atoms with E-state index in [1.54, 1.807) is 0 Å². The Hall–Kier alpha value is -4.33. The predicted molar refractivity (Wildman–Crippen MR) is 160 cm³/mol. The molecule has 1 aliphatic heterocycles. The van der Waals surface area contributed by atoms with Crippen molar-refractivity contribution in [1.29, 1.82) is 0 Å². The van der Waals surface area contributed by atoms with Gasteiger partial charge in [-0.3, -0.25) is 29.1 Å². The van der Waals surface area contributed by atoms with Gasteiger partial charge in [-0.1, -0.05) is 35.3 Å². The quantitative estimate of drug-likeness (QED) is 0.174. The number of fused-ring (bicyclic) bond motifs is 1. The molecule has 0 bridgehead atoms. The van der Waals surface area contributed by atoms with Gasteiger partial charge < -0.3 is 24.3 Å². The second kappa shape index (κ2) is 14.4. The molecule has 0 unspecified atom stereocenters. The minimum atomic E-state index is -3.11. The van der Waals surface area contributed by atoms with E-state index in [9.17, 15) is 28.0 Å². The van der Waals surface area contributed by atoms with Crippen LogP contribution in [0, 0.1) is 5.92 Å². The Morgan fingerprint density at radius 3 is 2.48 bits per heavy atom. The second-order valence-corrected chi connectivity index (χ2v) is 11.3. The number of carbonyl (C=O) groups excluding carboxylic acids is 4. The summed E-state index contributed by atoms with van der Waals surface area (Å²) >= 11 is 12.7. The van der Waals surface area contributed by atoms with E-state index < -0.39 is 43.0 Å². The number of methoxy groups -OCH3 is 1. The maximum atomic E-state index is 13.4. The van der Waals surface area contributed by atoms with Crippen LogP contribution in [0.1, 0.15) is 50.8 Å². The molecule has 0 spiro atoms. The van der Waals surface area contributed by atoms with Gasteiger partial charge in [-0.2, -0.15) is 8.78 Å². The van der Waals surface area contributed by atoms with Crippen LogP contribution in [-0.4, -0.2) is 67.1 Å². The lowest BCUT2D eigenvalue weighted by Crippen LogP contribution is -2.36. The highest BCUT2D eigenvalue weighted by atomic mass is 35.5. The molecule has 2 heterocycles. The number of alkyl halides is 2. The van der Waals surface area contributed by atoms with Crippen LogP contribution in [0.4, 0.5) is 14.5 Å². The number of amides is 3. The highest BCUT2D eigenvalue weighted by molar-refractivity contribution is 6.35. The summed E-state index contributed by atoms with van der Waals surface area (Å²) in [5.41, 5.74) is 0.686. The first-order valence-corrected chi connectivity index (χ1v) is 14.8. The fourth-order valence-electron chi connectivity index (χ4n) is 4.79. The number of benzene rings is 2. The molecule has 3 amide bonds. The van der Waals surface area contributed by atoms with Gasteiger partial charge in [-0.05, 0) is 54.2 Å². The van der Waals surface area contributed by atoms with E-state index in [0.29, 0.717) is 21.9 Å². The Morgan fingerprint density at radius 2 is 1.80 bits per heavy atom. The monoisotopic (exact) mass is 677 g/mol. The average Bonchev–Trinajstić information content (AvgIpc) is 3.81. The number of rotatable bonds is 14. The van der Waals surface area contributed by atoms with Gasteiger partial charge in [0.25, 0.3) is 11.8 Å². The lowest BCUT2D eigenvalue weighted by atomic mass is 10.0. The summed E-state index contributed by atoms with van der Waals surface area (Å²) in [7, 11) is 1.33. The van der Waals surface area contributed by atoms with Gasteiger partial charge in [-0.25, -0.2) is 0 Å². The van der Waals surface area contributed by atoms with Crippen LogP contribution in [-0.2, 0) is 25.5 Å². The molecular weight excluding hydrogens is 651 g/mol. The molecule has 0 saturated heterocycles. The molecule has 1 aliphatic carbocycles. The van der Waals surface area contributed by atoms with Crippen LogP contribution < -0.4 is 14.8 Å². The Bertz CT molecular complexity index is 1650. The van der Waals surface area contributed by atoms with Gasteiger partial charge in [0.1, 0.15) is 19.3 Å². The molecule has 1 N–H and O–H groups in total. The molecule has 1 saturated carbocycles. The number of anilines is 1. The van der Waals surface area contributed by atoms with Gasteiger partial charge in [0.15, 0.2) is 11.5 Å². The SMILES string of the molecule is COCC(=O)Nc1cccc2c1C(=O)N(CC(=O)O[C@@H](Cc1c(Cl)cncc1Cl)c1ccc(OC(F)F)c(OCC3CC3)c1)C2=O. The molecule has 11 nitrogen and oxygen atoms in total. The van der Waals surface area contributed by atoms with E-state index >= 15 is 0 Å². The van der Waals surface area contributed by atoms with Crippen molar-refractivity contribution in [1.82, 2.24) is 9.88 Å². The number of hydrogen-bond donors (Lipinski definition) is 1. The van der Waals surface area contributed by atoms with Crippen molar-refractivity contribution in [3.05, 3.63) is 81.1 Å². The van der Waals surface area contributed by atoms with Gasteiger partial charge in [0.05, 0.1) is 33.5 Å². The van der Waals surface area contributed by atoms with Crippen LogP contribution in [0.3, 0.4) is 0 Å². The fourth-order valence-corrected chi connectivity index (χ4v) is 5.31. The van der Waals surface area contributed by atoms with E-state index in [-0.39, 0.29) is 58.0 Å². The van der Waals surface area contributed by atoms with Crippen molar-refractivity contribution >= 4 is 52.6 Å². The number of esters is 1. The van der Waals surface area contributed by atoms with Crippen molar-refractivity contribution in [2.24, 2.45) is 5.92 Å². The highest BCUT2D eigenvalue weighted by Crippen LogP contribution is 2.38. The standard InChI is InChI=1S/C31H27Cl2F2N3O8/c1-43-15-26(39)37-22-4-2-3-18-28(22)30(42)38(29(18)41)13-27(40)45-24(10-19-20(32)11-36-12-21(19)33)17-7-8-23(46-31(34)35)25(9-17)44-14-16-5-6-16/h2-4,7-9,11-12,16,24,31H,5-6,10,13-15H2,1H3,(H,37,39)/t24-/m0/s1. The number of nitrogens with zero attached hydrogens (tertiary/aromatic N) is 2. The lowest BCUT2D eigenvalue weighted by Gasteiger charge is -2.22. The zero-order valence-corrected chi connectivity index (χ0v) is 25.8. The van der Waals surface area contributed by atoms with Gasteiger partial charge in [-0.15, -0.1) is 0 Å². The highest BCUT2D eigenvalue weighted by Gasteiger charge is 2.39. The van der Waals surface area contributed by atoms with Gasteiger partial charge in [0, 0.05) is 25.9 Å². The molecule has 1 aromatic heterocycles. The van der Waals surface area contributed by atoms with Crippen molar-refractivity contribution in [3.8, 4) is 11.5 Å². The van der Waals surface area contributed by atoms with Crippen LogP contribution in [0.5, 0.6) is 11.5 Å². The summed E-state index contributed by atoms with van der Waals surface area (Å²) in [4.78, 5) is 56.6. The van der Waals surface area contributed by atoms with E-state index in [4.69, 9.17) is 37.4 Å². The number of aromatic nitrogens is 1. The van der Waals surface area contributed by atoms with Crippen molar-refractivity contribution in [2.45, 2.75) is 32.0 Å². The minimum Gasteiger partial charge on any atom is -0.489 e. The molecule has 2 aliphatic rings. The number of imide groups is 1. The maximum Gasteiger partial charge on any atom is 0.387 e. The number of ether oxygens (including phenoxy) is 4. The van der Waals surface area contributed by atoms with Gasteiger partial charge >= 0.3 is 12.6 Å². The predicted octanol–water partition coefficient (Wildman–Crippen LogP) is 5.49. The first kappa shape index (κ1) is 33.0. The van der Waals surface area contributed by atoms with E-state index in [0.717, 1.165) is 12.8 Å². The minimum absolute atomic E-state index is 0.00742. The summed E-state index contributed by atoms with van der Waals surface area (Å²) in [5.74, 6) is -2.99.